The van der Waals surface area contributed by atoms with Crippen LogP contribution < -0.4 is 4.74 Å². The molecule has 4 rings (SSSR count). The van der Waals surface area contributed by atoms with Crippen molar-refractivity contribution in [3.8, 4) is 28.3 Å². The molecule has 1 aliphatic carbocycles. The highest BCUT2D eigenvalue weighted by atomic mass is 16.6. The molecule has 1 aromatic heterocycles. The van der Waals surface area contributed by atoms with Crippen LogP contribution in [0.2, 0.25) is 0 Å². The van der Waals surface area contributed by atoms with Gasteiger partial charge in [-0.25, -0.2) is 9.48 Å². The molecule has 1 aliphatic rings. The highest BCUT2D eigenvalue weighted by Gasteiger charge is 2.27. The molecule has 1 heterocycles. The van der Waals surface area contributed by atoms with Gasteiger partial charge in [-0.1, -0.05) is 60.7 Å². The van der Waals surface area contributed by atoms with Crippen molar-refractivity contribution in [3.05, 3.63) is 60.7 Å². The summed E-state index contributed by atoms with van der Waals surface area (Å²) in [6.07, 6.45) is 4.38. The molecule has 0 atom stereocenters. The summed E-state index contributed by atoms with van der Waals surface area (Å²) >= 11 is 0. The predicted octanol–water partition coefficient (Wildman–Crippen LogP) is 6.78. The Bertz CT molecular complexity index is 1130. The second kappa shape index (κ2) is 12.4. The third-order valence-corrected chi connectivity index (χ3v) is 6.69. The zero-order chi connectivity index (χ0) is 26.3. The maximum Gasteiger partial charge on any atom is 0.332 e. The van der Waals surface area contributed by atoms with E-state index in [2.05, 4.69) is 53.2 Å². The van der Waals surface area contributed by atoms with Crippen LogP contribution in [0.25, 0.3) is 22.4 Å². The highest BCUT2D eigenvalue weighted by Crippen LogP contribution is 2.40. The number of ether oxygens (including phenoxy) is 3. The number of hydrogen-bond acceptors (Lipinski definition) is 5. The molecule has 6 nitrogen and oxygen atoms in total. The van der Waals surface area contributed by atoms with E-state index >= 15 is 0 Å². The second-order valence-electron chi connectivity index (χ2n) is 10.9. The number of carbonyl (C=O) groups excluding carboxylic acids is 1. The van der Waals surface area contributed by atoms with E-state index in [1.54, 1.807) is 0 Å². The molecule has 0 radical (unpaired) electrons. The SMILES string of the molecule is CCOc1c(-c2ccccc2)c(-c2ccccc2)nn1C[C@H]1CC[C@H](COCC(=O)OC(C)(C)C)CC1. The maximum absolute atomic E-state index is 11.9. The van der Waals surface area contributed by atoms with Crippen LogP contribution in [0.15, 0.2) is 60.7 Å². The third-order valence-electron chi connectivity index (χ3n) is 6.69. The smallest absolute Gasteiger partial charge is 0.332 e. The van der Waals surface area contributed by atoms with Crippen LogP contribution in [-0.4, -0.2) is 41.2 Å². The minimum atomic E-state index is -0.480. The van der Waals surface area contributed by atoms with Crippen LogP contribution in [0.4, 0.5) is 0 Å². The van der Waals surface area contributed by atoms with Crippen LogP contribution in [0, 0.1) is 11.8 Å². The van der Waals surface area contributed by atoms with Gasteiger partial charge >= 0.3 is 5.97 Å². The van der Waals surface area contributed by atoms with Gasteiger partial charge in [-0.2, -0.15) is 5.10 Å². The number of hydrogen-bond donors (Lipinski definition) is 0. The minimum absolute atomic E-state index is 0.0206. The van der Waals surface area contributed by atoms with Crippen molar-refractivity contribution in [2.75, 3.05) is 19.8 Å². The summed E-state index contributed by atoms with van der Waals surface area (Å²) < 4.78 is 19.3. The number of nitrogens with zero attached hydrogens (tertiary/aromatic N) is 2. The van der Waals surface area contributed by atoms with Crippen LogP contribution in [0.1, 0.15) is 53.4 Å². The molecule has 198 valence electrons. The van der Waals surface area contributed by atoms with Crippen molar-refractivity contribution in [2.45, 2.75) is 65.5 Å². The zero-order valence-corrected chi connectivity index (χ0v) is 22.6. The van der Waals surface area contributed by atoms with E-state index in [-0.39, 0.29) is 12.6 Å². The molecule has 0 saturated heterocycles. The summed E-state index contributed by atoms with van der Waals surface area (Å²) in [6.45, 7) is 9.67. The summed E-state index contributed by atoms with van der Waals surface area (Å²) in [6, 6.07) is 20.7. The van der Waals surface area contributed by atoms with Crippen molar-refractivity contribution >= 4 is 5.97 Å². The fourth-order valence-electron chi connectivity index (χ4n) is 5.02. The third kappa shape index (κ3) is 7.45. The Kier molecular flexibility index (Phi) is 9.04. The van der Waals surface area contributed by atoms with E-state index in [0.29, 0.717) is 25.0 Å². The fraction of sp³-hybridized carbons (Fsp3) is 0.484. The molecule has 0 amide bonds. The first kappa shape index (κ1) is 26.9. The van der Waals surface area contributed by atoms with Gasteiger partial charge in [0.05, 0.1) is 18.8 Å². The average Bonchev–Trinajstić information content (AvgIpc) is 3.23. The quantitative estimate of drug-likeness (QED) is 0.285. The van der Waals surface area contributed by atoms with Gasteiger partial charge in [-0.15, -0.1) is 0 Å². The highest BCUT2D eigenvalue weighted by molar-refractivity contribution is 5.84. The van der Waals surface area contributed by atoms with Crippen LogP contribution in [0.5, 0.6) is 5.88 Å². The number of carbonyl (C=O) groups is 1. The van der Waals surface area contributed by atoms with E-state index in [4.69, 9.17) is 19.3 Å². The largest absolute Gasteiger partial charge is 0.478 e. The molecule has 0 unspecified atom stereocenters. The number of aromatic nitrogens is 2. The lowest BCUT2D eigenvalue weighted by Gasteiger charge is -2.28. The summed E-state index contributed by atoms with van der Waals surface area (Å²) in [5.41, 5.74) is 3.73. The minimum Gasteiger partial charge on any atom is -0.478 e. The monoisotopic (exact) mass is 504 g/mol. The Morgan fingerprint density at radius 3 is 2.11 bits per heavy atom. The average molecular weight is 505 g/mol. The van der Waals surface area contributed by atoms with Gasteiger partial charge in [0.2, 0.25) is 5.88 Å². The molecular formula is C31H40N2O4. The Hall–Kier alpha value is -3.12. The van der Waals surface area contributed by atoms with Gasteiger partial charge < -0.3 is 14.2 Å². The van der Waals surface area contributed by atoms with Gasteiger partial charge in [0, 0.05) is 12.1 Å². The van der Waals surface area contributed by atoms with Gasteiger partial charge in [0.25, 0.3) is 0 Å². The predicted molar refractivity (Wildman–Crippen MR) is 146 cm³/mol. The van der Waals surface area contributed by atoms with Gasteiger partial charge in [-0.3, -0.25) is 0 Å². The van der Waals surface area contributed by atoms with Crippen LogP contribution in [-0.2, 0) is 20.8 Å². The Labute approximate surface area is 220 Å². The molecule has 1 saturated carbocycles. The van der Waals surface area contributed by atoms with Gasteiger partial charge in [-0.05, 0) is 70.8 Å². The molecule has 37 heavy (non-hydrogen) atoms. The van der Waals surface area contributed by atoms with Crippen LogP contribution in [0.3, 0.4) is 0 Å². The number of benzene rings is 2. The van der Waals surface area contributed by atoms with E-state index in [1.807, 2.05) is 39.8 Å². The lowest BCUT2D eigenvalue weighted by Crippen LogP contribution is -2.28. The number of rotatable bonds is 10. The molecule has 0 N–H and O–H groups in total. The summed E-state index contributed by atoms with van der Waals surface area (Å²) in [5.74, 6) is 1.54. The van der Waals surface area contributed by atoms with Crippen molar-refractivity contribution in [1.82, 2.24) is 9.78 Å². The fourth-order valence-corrected chi connectivity index (χ4v) is 5.02. The van der Waals surface area contributed by atoms with Crippen LogP contribution >= 0.6 is 0 Å². The molecular weight excluding hydrogens is 464 g/mol. The van der Waals surface area contributed by atoms with Crippen molar-refractivity contribution < 1.29 is 19.0 Å². The first-order chi connectivity index (χ1) is 17.8. The summed E-state index contributed by atoms with van der Waals surface area (Å²) in [5, 5.41) is 5.10. The summed E-state index contributed by atoms with van der Waals surface area (Å²) in [7, 11) is 0. The Morgan fingerprint density at radius 1 is 0.919 bits per heavy atom. The summed E-state index contributed by atoms with van der Waals surface area (Å²) in [4.78, 5) is 11.9. The molecule has 1 fully saturated rings. The normalized spacial score (nSPS) is 17.9. The lowest BCUT2D eigenvalue weighted by atomic mass is 9.82. The van der Waals surface area contributed by atoms with E-state index in [0.717, 1.165) is 60.5 Å². The Morgan fingerprint density at radius 2 is 1.51 bits per heavy atom. The second-order valence-corrected chi connectivity index (χ2v) is 10.9. The topological polar surface area (TPSA) is 62.6 Å². The van der Waals surface area contributed by atoms with Crippen molar-refractivity contribution in [3.63, 3.8) is 0 Å². The van der Waals surface area contributed by atoms with Crippen molar-refractivity contribution in [1.29, 1.82) is 0 Å². The van der Waals surface area contributed by atoms with Gasteiger partial charge in [0.15, 0.2) is 0 Å². The molecule has 0 aliphatic heterocycles. The first-order valence-electron chi connectivity index (χ1n) is 13.5. The molecule has 3 aromatic rings. The maximum atomic E-state index is 11.9. The lowest BCUT2D eigenvalue weighted by molar-refractivity contribution is -0.160. The first-order valence-corrected chi connectivity index (χ1v) is 13.5. The zero-order valence-electron chi connectivity index (χ0n) is 22.6. The standard InChI is InChI=1S/C31H40N2O4/c1-5-36-30-28(25-12-8-6-9-13-25)29(26-14-10-7-11-15-26)32-33(30)20-23-16-18-24(19-17-23)21-35-22-27(34)37-31(2,3)4/h6-15,23-24H,5,16-22H2,1-4H3/t23-,24-. The molecule has 0 spiro atoms. The van der Waals surface area contributed by atoms with Gasteiger partial charge in [0.1, 0.15) is 17.9 Å². The van der Waals surface area contributed by atoms with E-state index < -0.39 is 5.60 Å². The van der Waals surface area contributed by atoms with Crippen molar-refractivity contribution in [2.24, 2.45) is 11.8 Å². The molecule has 6 heteroatoms. The molecule has 0 bridgehead atoms. The Balaban J connectivity index is 1.43. The van der Waals surface area contributed by atoms with E-state index in [9.17, 15) is 4.79 Å². The molecule has 2 aromatic carbocycles. The number of esters is 1. The van der Waals surface area contributed by atoms with E-state index in [1.165, 1.54) is 0 Å².